The van der Waals surface area contributed by atoms with Gasteiger partial charge in [-0.2, -0.15) is 0 Å². The summed E-state index contributed by atoms with van der Waals surface area (Å²) in [6.45, 7) is 2.02. The number of benzene rings is 3. The summed E-state index contributed by atoms with van der Waals surface area (Å²) in [7, 11) is 1.75. The summed E-state index contributed by atoms with van der Waals surface area (Å²) in [6, 6.07) is 18.6. The van der Waals surface area contributed by atoms with Crippen LogP contribution in [0.5, 0.6) is 0 Å². The van der Waals surface area contributed by atoms with Crippen molar-refractivity contribution in [3.05, 3.63) is 88.5 Å². The van der Waals surface area contributed by atoms with Gasteiger partial charge >= 0.3 is 0 Å². The molecule has 3 aromatic carbocycles. The Hall–Kier alpha value is -3.40. The van der Waals surface area contributed by atoms with Crippen molar-refractivity contribution in [1.29, 1.82) is 0 Å². The van der Waals surface area contributed by atoms with Crippen LogP contribution < -0.4 is 10.6 Å². The Kier molecular flexibility index (Phi) is 3.81. The minimum absolute atomic E-state index is 0.132. The molecular formula is C22H18N2O2. The fourth-order valence-electron chi connectivity index (χ4n) is 3.33. The highest BCUT2D eigenvalue weighted by Gasteiger charge is 2.33. The summed E-state index contributed by atoms with van der Waals surface area (Å²) >= 11 is 0. The molecular weight excluding hydrogens is 324 g/mol. The Morgan fingerprint density at radius 2 is 1.23 bits per heavy atom. The van der Waals surface area contributed by atoms with Gasteiger partial charge in [0.15, 0.2) is 11.6 Å². The molecule has 0 atom stereocenters. The second kappa shape index (κ2) is 6.15. The van der Waals surface area contributed by atoms with Crippen molar-refractivity contribution in [3.63, 3.8) is 0 Å². The topological polar surface area (TPSA) is 58.2 Å². The molecule has 0 bridgehead atoms. The molecule has 1 aliphatic rings. The van der Waals surface area contributed by atoms with E-state index in [1.807, 2.05) is 43.3 Å². The zero-order valence-corrected chi connectivity index (χ0v) is 14.6. The van der Waals surface area contributed by atoms with E-state index in [1.54, 1.807) is 31.3 Å². The molecule has 0 amide bonds. The molecule has 0 spiro atoms. The summed E-state index contributed by atoms with van der Waals surface area (Å²) < 4.78 is 0. The Labute approximate surface area is 151 Å². The summed E-state index contributed by atoms with van der Waals surface area (Å²) in [5.74, 6) is -0.269. The number of ketones is 2. The zero-order valence-electron chi connectivity index (χ0n) is 14.6. The van der Waals surface area contributed by atoms with Gasteiger partial charge in [0, 0.05) is 29.5 Å². The molecule has 26 heavy (non-hydrogen) atoms. The first-order valence-electron chi connectivity index (χ1n) is 8.47. The molecule has 2 N–H and O–H groups in total. The van der Waals surface area contributed by atoms with E-state index in [2.05, 4.69) is 10.6 Å². The van der Waals surface area contributed by atoms with Crippen LogP contribution in [0.4, 0.5) is 17.1 Å². The van der Waals surface area contributed by atoms with Gasteiger partial charge in [-0.1, -0.05) is 42.0 Å². The van der Waals surface area contributed by atoms with Crippen LogP contribution in [-0.4, -0.2) is 18.6 Å². The lowest BCUT2D eigenvalue weighted by Crippen LogP contribution is -2.23. The molecule has 0 saturated carbocycles. The lowest BCUT2D eigenvalue weighted by Gasteiger charge is -2.23. The predicted octanol–water partition coefficient (Wildman–Crippen LogP) is 4.56. The minimum atomic E-state index is -0.137. The van der Waals surface area contributed by atoms with Gasteiger partial charge in [0.05, 0.1) is 16.8 Å². The number of carbonyl (C=O) groups excluding carboxylic acids is 2. The van der Waals surface area contributed by atoms with Crippen LogP contribution in [0.1, 0.15) is 37.4 Å². The maximum Gasteiger partial charge on any atom is 0.196 e. The molecule has 3 aromatic rings. The monoisotopic (exact) mass is 342 g/mol. The molecule has 0 unspecified atom stereocenters. The van der Waals surface area contributed by atoms with Gasteiger partial charge in [-0.3, -0.25) is 9.59 Å². The van der Waals surface area contributed by atoms with E-state index in [1.165, 1.54) is 0 Å². The highest BCUT2D eigenvalue weighted by Crippen LogP contribution is 2.37. The first kappa shape index (κ1) is 16.1. The van der Waals surface area contributed by atoms with E-state index < -0.39 is 0 Å². The third-order valence-corrected chi connectivity index (χ3v) is 4.68. The number of aryl methyl sites for hydroxylation is 1. The van der Waals surface area contributed by atoms with Gasteiger partial charge in [0.2, 0.25) is 0 Å². The van der Waals surface area contributed by atoms with Gasteiger partial charge in [-0.15, -0.1) is 0 Å². The average molecular weight is 342 g/mol. The second-order valence-corrected chi connectivity index (χ2v) is 6.36. The highest BCUT2D eigenvalue weighted by molar-refractivity contribution is 6.32. The Bertz CT molecular complexity index is 1040. The first-order valence-corrected chi connectivity index (χ1v) is 8.47. The van der Waals surface area contributed by atoms with Crippen molar-refractivity contribution in [2.75, 3.05) is 17.7 Å². The van der Waals surface area contributed by atoms with Crippen molar-refractivity contribution in [3.8, 4) is 0 Å². The van der Waals surface area contributed by atoms with Crippen LogP contribution in [0, 0.1) is 6.92 Å². The van der Waals surface area contributed by atoms with Crippen molar-refractivity contribution >= 4 is 28.6 Å². The summed E-state index contributed by atoms with van der Waals surface area (Å²) in [4.78, 5) is 26.2. The van der Waals surface area contributed by atoms with E-state index in [0.717, 1.165) is 11.3 Å². The number of carbonyl (C=O) groups is 2. The molecule has 0 aromatic heterocycles. The molecule has 128 valence electrons. The number of nitrogens with one attached hydrogen (secondary N) is 2. The molecule has 0 heterocycles. The molecule has 4 rings (SSSR count). The van der Waals surface area contributed by atoms with Gasteiger partial charge in [0.25, 0.3) is 0 Å². The molecule has 4 heteroatoms. The average Bonchev–Trinajstić information content (AvgIpc) is 2.67. The number of hydrogen-bond acceptors (Lipinski definition) is 4. The lowest BCUT2D eigenvalue weighted by molar-refractivity contribution is 0.0980. The molecule has 0 aliphatic heterocycles. The van der Waals surface area contributed by atoms with Crippen molar-refractivity contribution in [1.82, 2.24) is 0 Å². The molecule has 4 nitrogen and oxygen atoms in total. The smallest absolute Gasteiger partial charge is 0.196 e. The van der Waals surface area contributed by atoms with Crippen LogP contribution in [0.25, 0.3) is 0 Å². The predicted molar refractivity (Wildman–Crippen MR) is 104 cm³/mol. The highest BCUT2D eigenvalue weighted by atomic mass is 16.1. The van der Waals surface area contributed by atoms with Crippen molar-refractivity contribution in [2.45, 2.75) is 6.92 Å². The van der Waals surface area contributed by atoms with Crippen LogP contribution in [0.15, 0.2) is 60.7 Å². The molecule has 0 saturated heterocycles. The fourth-order valence-corrected chi connectivity index (χ4v) is 3.33. The maximum atomic E-state index is 13.2. The summed E-state index contributed by atoms with van der Waals surface area (Å²) in [6.07, 6.45) is 0. The maximum absolute atomic E-state index is 13.2. The van der Waals surface area contributed by atoms with Crippen LogP contribution in [-0.2, 0) is 0 Å². The normalized spacial score (nSPS) is 12.4. The lowest BCUT2D eigenvalue weighted by atomic mass is 9.82. The zero-order chi connectivity index (χ0) is 18.3. The van der Waals surface area contributed by atoms with E-state index in [0.29, 0.717) is 33.6 Å². The Balaban J connectivity index is 1.90. The molecule has 0 radical (unpaired) electrons. The number of hydrogen-bond donors (Lipinski definition) is 2. The van der Waals surface area contributed by atoms with E-state index in [-0.39, 0.29) is 11.6 Å². The minimum Gasteiger partial charge on any atom is -0.388 e. The third-order valence-electron chi connectivity index (χ3n) is 4.68. The SMILES string of the molecule is CNc1ccc(Nc2ccc(C)cc2)c2c1C(=O)c1ccccc1C2=O. The fraction of sp³-hybridized carbons (Fsp3) is 0.0909. The number of anilines is 3. The second-order valence-electron chi connectivity index (χ2n) is 6.36. The van der Waals surface area contributed by atoms with Crippen molar-refractivity contribution in [2.24, 2.45) is 0 Å². The first-order chi connectivity index (χ1) is 12.6. The van der Waals surface area contributed by atoms with Gasteiger partial charge in [-0.05, 0) is 31.2 Å². The quantitative estimate of drug-likeness (QED) is 0.573. The number of rotatable bonds is 3. The van der Waals surface area contributed by atoms with Gasteiger partial charge in [0.1, 0.15) is 0 Å². The standard InChI is InChI=1S/C22H18N2O2/c1-13-7-9-14(10-8-13)24-18-12-11-17(23-2)19-20(18)22(26)16-6-4-3-5-15(16)21(19)25/h3-12,23-24H,1-2H3. The molecule has 1 aliphatic carbocycles. The largest absolute Gasteiger partial charge is 0.388 e. The summed E-state index contributed by atoms with van der Waals surface area (Å²) in [5, 5.41) is 6.33. The van der Waals surface area contributed by atoms with Crippen LogP contribution in [0.2, 0.25) is 0 Å². The van der Waals surface area contributed by atoms with E-state index in [4.69, 9.17) is 0 Å². The van der Waals surface area contributed by atoms with E-state index >= 15 is 0 Å². The van der Waals surface area contributed by atoms with Crippen molar-refractivity contribution < 1.29 is 9.59 Å². The van der Waals surface area contributed by atoms with E-state index in [9.17, 15) is 9.59 Å². The third kappa shape index (κ3) is 2.47. The number of fused-ring (bicyclic) bond motifs is 2. The van der Waals surface area contributed by atoms with Gasteiger partial charge < -0.3 is 10.6 Å². The van der Waals surface area contributed by atoms with Gasteiger partial charge in [-0.25, -0.2) is 0 Å². The molecule has 0 fully saturated rings. The van der Waals surface area contributed by atoms with Crippen LogP contribution >= 0.6 is 0 Å². The van der Waals surface area contributed by atoms with Crippen LogP contribution in [0.3, 0.4) is 0 Å². The Morgan fingerprint density at radius 3 is 1.81 bits per heavy atom. The Morgan fingerprint density at radius 1 is 0.692 bits per heavy atom. The summed E-state index contributed by atoms with van der Waals surface area (Å²) in [5.41, 5.74) is 5.06.